The van der Waals surface area contributed by atoms with Gasteiger partial charge in [0.05, 0.1) is 12.7 Å². The van der Waals surface area contributed by atoms with Crippen LogP contribution in [0.1, 0.15) is 37.8 Å². The second-order valence-electron chi connectivity index (χ2n) is 7.90. The maximum Gasteiger partial charge on any atom is 0.387 e. The number of benzene rings is 2. The number of hydrogen-bond donors (Lipinski definition) is 2. The zero-order chi connectivity index (χ0) is 24.9. The zero-order valence-electron chi connectivity index (χ0n) is 18.8. The van der Waals surface area contributed by atoms with Gasteiger partial charge in [-0.25, -0.2) is 4.98 Å². The Morgan fingerprint density at radius 3 is 2.43 bits per heavy atom. The molecule has 4 rings (SSSR count). The van der Waals surface area contributed by atoms with Crippen LogP contribution in [0.3, 0.4) is 0 Å². The van der Waals surface area contributed by atoms with Gasteiger partial charge >= 0.3 is 6.61 Å². The summed E-state index contributed by atoms with van der Waals surface area (Å²) in [4.78, 5) is 47.8. The number of alkyl halides is 2. The lowest BCUT2D eigenvalue weighted by Crippen LogP contribution is -2.39. The van der Waals surface area contributed by atoms with Gasteiger partial charge in [-0.15, -0.1) is 0 Å². The lowest BCUT2D eigenvalue weighted by atomic mass is 10.1. The average Bonchev–Trinajstić information content (AvgIpc) is 3.51. The number of ether oxygens (including phenoxy) is 1. The van der Waals surface area contributed by atoms with Crippen LogP contribution in [-0.4, -0.2) is 57.7 Å². The molecule has 0 fully saturated rings. The molecule has 2 heterocycles. The summed E-state index contributed by atoms with van der Waals surface area (Å²) >= 11 is 0. The molecule has 0 bridgehead atoms. The highest BCUT2D eigenvalue weighted by atomic mass is 19.3. The van der Waals surface area contributed by atoms with Crippen molar-refractivity contribution in [2.24, 2.45) is 0 Å². The molecule has 11 heteroatoms. The number of nitrogens with zero attached hydrogens (tertiary/aromatic N) is 3. The fourth-order valence-electron chi connectivity index (χ4n) is 3.84. The van der Waals surface area contributed by atoms with Crippen molar-refractivity contribution in [2.45, 2.75) is 26.2 Å². The first-order chi connectivity index (χ1) is 16.9. The van der Waals surface area contributed by atoms with Crippen LogP contribution in [0.4, 0.5) is 8.78 Å². The van der Waals surface area contributed by atoms with E-state index in [0.29, 0.717) is 13.1 Å². The number of fused-ring (bicyclic) bond motifs is 1. The number of nitrogens with one attached hydrogen (secondary N) is 2. The SMILES string of the molecule is CNC(=O)CN(Cc1ccccc1OC(F)F)C(=O)c1cnc(C(=O)N2Cc3ccccc3C2)[nH]1. The molecule has 0 radical (unpaired) electrons. The fraction of sp³-hybridized carbons (Fsp3) is 0.250. The molecule has 0 aliphatic carbocycles. The Bertz CT molecular complexity index is 1220. The summed E-state index contributed by atoms with van der Waals surface area (Å²) in [6, 6.07) is 13.7. The summed E-state index contributed by atoms with van der Waals surface area (Å²) in [6.45, 7) is -2.70. The van der Waals surface area contributed by atoms with Crippen LogP contribution in [0.25, 0.3) is 0 Å². The highest BCUT2D eigenvalue weighted by molar-refractivity contribution is 5.97. The lowest BCUT2D eigenvalue weighted by Gasteiger charge is -2.22. The van der Waals surface area contributed by atoms with Gasteiger partial charge in [-0.3, -0.25) is 14.4 Å². The number of hydrogen-bond acceptors (Lipinski definition) is 5. The molecular formula is C24H23F2N5O4. The Kier molecular flexibility index (Phi) is 7.04. The van der Waals surface area contributed by atoms with E-state index in [2.05, 4.69) is 20.0 Å². The highest BCUT2D eigenvalue weighted by Crippen LogP contribution is 2.24. The number of halogens is 2. The van der Waals surface area contributed by atoms with E-state index in [-0.39, 0.29) is 41.8 Å². The molecule has 0 atom stereocenters. The van der Waals surface area contributed by atoms with Crippen molar-refractivity contribution in [3.8, 4) is 5.75 Å². The van der Waals surface area contributed by atoms with Crippen LogP contribution in [0, 0.1) is 0 Å². The Balaban J connectivity index is 1.52. The number of carbonyl (C=O) groups is 3. The van der Waals surface area contributed by atoms with E-state index in [4.69, 9.17) is 0 Å². The average molecular weight is 483 g/mol. The standard InChI is InChI=1S/C24H23F2N5O4/c1-27-20(32)14-31(13-17-8-4-5-9-19(17)35-24(25)26)22(33)18-10-28-21(29-18)23(34)30-11-15-6-2-3-7-16(15)12-30/h2-10,24H,11-14H2,1H3,(H,27,32)(H,28,29). The number of amides is 3. The summed E-state index contributed by atoms with van der Waals surface area (Å²) in [5.41, 5.74) is 2.37. The van der Waals surface area contributed by atoms with Crippen molar-refractivity contribution in [1.29, 1.82) is 0 Å². The summed E-state index contributed by atoms with van der Waals surface area (Å²) in [6.07, 6.45) is 1.22. The molecule has 0 saturated carbocycles. The van der Waals surface area contributed by atoms with Crippen LogP contribution in [0.2, 0.25) is 0 Å². The molecule has 35 heavy (non-hydrogen) atoms. The number of rotatable bonds is 8. The van der Waals surface area contributed by atoms with Crippen molar-refractivity contribution in [2.75, 3.05) is 13.6 Å². The van der Waals surface area contributed by atoms with E-state index in [1.54, 1.807) is 11.0 Å². The molecule has 3 amide bonds. The maximum absolute atomic E-state index is 13.2. The predicted molar refractivity (Wildman–Crippen MR) is 120 cm³/mol. The van der Waals surface area contributed by atoms with Gasteiger partial charge in [0.1, 0.15) is 18.0 Å². The molecule has 1 aromatic heterocycles. The van der Waals surface area contributed by atoms with Gasteiger partial charge in [-0.2, -0.15) is 8.78 Å². The third kappa shape index (κ3) is 5.45. The minimum Gasteiger partial charge on any atom is -0.434 e. The zero-order valence-corrected chi connectivity index (χ0v) is 18.8. The second-order valence-corrected chi connectivity index (χ2v) is 7.90. The molecule has 3 aromatic rings. The van der Waals surface area contributed by atoms with E-state index in [9.17, 15) is 23.2 Å². The number of likely N-dealkylation sites (N-methyl/N-ethyl adjacent to an activating group) is 1. The van der Waals surface area contributed by atoms with Crippen molar-refractivity contribution >= 4 is 17.7 Å². The molecular weight excluding hydrogens is 460 g/mol. The van der Waals surface area contributed by atoms with Gasteiger partial charge < -0.3 is 24.8 Å². The minimum absolute atomic E-state index is 0.0116. The number of H-pyrrole nitrogens is 1. The van der Waals surface area contributed by atoms with Gasteiger partial charge in [-0.1, -0.05) is 42.5 Å². The first-order valence-corrected chi connectivity index (χ1v) is 10.8. The molecule has 182 valence electrons. The maximum atomic E-state index is 13.2. The largest absolute Gasteiger partial charge is 0.434 e. The van der Waals surface area contributed by atoms with Crippen LogP contribution in [-0.2, 0) is 24.4 Å². The topological polar surface area (TPSA) is 108 Å². The Morgan fingerprint density at radius 2 is 1.77 bits per heavy atom. The van der Waals surface area contributed by atoms with Crippen LogP contribution < -0.4 is 10.1 Å². The molecule has 1 aliphatic heterocycles. The van der Waals surface area contributed by atoms with Crippen LogP contribution in [0.5, 0.6) is 5.75 Å². The van der Waals surface area contributed by atoms with Gasteiger partial charge in [0.2, 0.25) is 5.91 Å². The summed E-state index contributed by atoms with van der Waals surface area (Å²) in [7, 11) is 1.42. The Labute approximate surface area is 199 Å². The molecule has 2 aromatic carbocycles. The minimum atomic E-state index is -3.04. The molecule has 0 spiro atoms. The van der Waals surface area contributed by atoms with Gasteiger partial charge in [0.15, 0.2) is 5.82 Å². The third-order valence-corrected chi connectivity index (χ3v) is 5.59. The number of aromatic nitrogens is 2. The number of aromatic amines is 1. The van der Waals surface area contributed by atoms with Crippen LogP contribution in [0.15, 0.2) is 54.7 Å². The normalized spacial score (nSPS) is 12.4. The molecule has 0 saturated heterocycles. The van der Waals surface area contributed by atoms with Crippen LogP contribution >= 0.6 is 0 Å². The van der Waals surface area contributed by atoms with Crippen molar-refractivity contribution < 1.29 is 27.9 Å². The van der Waals surface area contributed by atoms with E-state index in [1.165, 1.54) is 31.4 Å². The smallest absolute Gasteiger partial charge is 0.387 e. The summed E-state index contributed by atoms with van der Waals surface area (Å²) < 4.78 is 30.1. The Hall–Kier alpha value is -4.28. The quantitative estimate of drug-likeness (QED) is 0.512. The van der Waals surface area contributed by atoms with E-state index in [1.807, 2.05) is 24.3 Å². The first-order valence-electron chi connectivity index (χ1n) is 10.8. The molecule has 9 nitrogen and oxygen atoms in total. The summed E-state index contributed by atoms with van der Waals surface area (Å²) in [5, 5.41) is 2.43. The van der Waals surface area contributed by atoms with Gasteiger partial charge in [-0.05, 0) is 17.2 Å². The van der Waals surface area contributed by atoms with Crippen molar-refractivity contribution in [3.05, 3.63) is 82.9 Å². The number of carbonyl (C=O) groups excluding carboxylic acids is 3. The van der Waals surface area contributed by atoms with E-state index >= 15 is 0 Å². The fourth-order valence-corrected chi connectivity index (χ4v) is 3.84. The van der Waals surface area contributed by atoms with Crippen molar-refractivity contribution in [3.63, 3.8) is 0 Å². The predicted octanol–water partition coefficient (Wildman–Crippen LogP) is 2.56. The first kappa shape index (κ1) is 23.9. The second kappa shape index (κ2) is 10.3. The third-order valence-electron chi connectivity index (χ3n) is 5.59. The van der Waals surface area contributed by atoms with Gasteiger partial charge in [0.25, 0.3) is 11.8 Å². The van der Waals surface area contributed by atoms with E-state index < -0.39 is 18.4 Å². The lowest BCUT2D eigenvalue weighted by molar-refractivity contribution is -0.121. The van der Waals surface area contributed by atoms with Crippen molar-refractivity contribution in [1.82, 2.24) is 25.1 Å². The monoisotopic (exact) mass is 483 g/mol. The molecule has 1 aliphatic rings. The number of imidazole rings is 1. The Morgan fingerprint density at radius 1 is 1.11 bits per heavy atom. The number of para-hydroxylation sites is 1. The molecule has 2 N–H and O–H groups in total. The highest BCUT2D eigenvalue weighted by Gasteiger charge is 2.28. The van der Waals surface area contributed by atoms with E-state index in [0.717, 1.165) is 16.0 Å². The summed E-state index contributed by atoms with van der Waals surface area (Å²) in [5.74, 6) is -1.57. The van der Waals surface area contributed by atoms with Gasteiger partial charge in [0, 0.05) is 25.7 Å². The molecule has 0 unspecified atom stereocenters.